The van der Waals surface area contributed by atoms with Crippen molar-refractivity contribution in [2.75, 3.05) is 0 Å². The molecule has 0 bridgehead atoms. The van der Waals surface area contributed by atoms with Crippen LogP contribution in [-0.2, 0) is 6.42 Å². The van der Waals surface area contributed by atoms with E-state index in [1.54, 1.807) is 11.3 Å². The van der Waals surface area contributed by atoms with Crippen LogP contribution >= 0.6 is 11.3 Å². The van der Waals surface area contributed by atoms with Gasteiger partial charge in [0.25, 0.3) is 0 Å². The van der Waals surface area contributed by atoms with E-state index >= 15 is 0 Å². The summed E-state index contributed by atoms with van der Waals surface area (Å²) >= 11 is 1.79. The molecule has 0 unspecified atom stereocenters. The molecule has 2 aromatic heterocycles. The lowest BCUT2D eigenvalue weighted by Gasteiger charge is -2.04. The number of aromatic nitrogens is 1. The maximum absolute atomic E-state index is 4.37. The van der Waals surface area contributed by atoms with E-state index in [0.717, 1.165) is 11.8 Å². The second-order valence-electron chi connectivity index (χ2n) is 5.78. The van der Waals surface area contributed by atoms with Gasteiger partial charge in [-0.1, -0.05) is 60.2 Å². The Bertz CT molecular complexity index is 937. The molecular weight excluding hydrogens is 298 g/mol. The van der Waals surface area contributed by atoms with E-state index < -0.39 is 0 Å². The van der Waals surface area contributed by atoms with Crippen molar-refractivity contribution in [3.8, 4) is 11.1 Å². The molecule has 1 radical (unpaired) electrons. The van der Waals surface area contributed by atoms with E-state index in [-0.39, 0.29) is 0 Å². The zero-order valence-corrected chi connectivity index (χ0v) is 13.7. The molecule has 4 rings (SSSR count). The number of nitrogens with zero attached hydrogens (tertiary/aromatic N) is 1. The summed E-state index contributed by atoms with van der Waals surface area (Å²) < 4.78 is 1.29. The monoisotopic (exact) mass is 314 g/mol. The lowest BCUT2D eigenvalue weighted by atomic mass is 10.0. The van der Waals surface area contributed by atoms with Gasteiger partial charge in [0.1, 0.15) is 0 Å². The SMILES string of the molecule is Cc1ccc(-c2csc3c(Cc4ccccc4)cn[c]c23)cc1. The van der Waals surface area contributed by atoms with Crippen LogP contribution in [-0.4, -0.2) is 4.98 Å². The lowest BCUT2D eigenvalue weighted by molar-refractivity contribution is 1.17. The Labute approximate surface area is 140 Å². The first-order valence-electron chi connectivity index (χ1n) is 7.69. The number of rotatable bonds is 3. The number of pyridine rings is 1. The predicted molar refractivity (Wildman–Crippen MR) is 97.9 cm³/mol. The number of aryl methyl sites for hydroxylation is 1. The topological polar surface area (TPSA) is 12.9 Å². The molecule has 0 aliphatic heterocycles. The number of hydrogen-bond donors (Lipinski definition) is 0. The lowest BCUT2D eigenvalue weighted by Crippen LogP contribution is -1.89. The molecule has 0 saturated heterocycles. The number of hydrogen-bond acceptors (Lipinski definition) is 2. The summed E-state index contributed by atoms with van der Waals surface area (Å²) in [6.45, 7) is 2.11. The Kier molecular flexibility index (Phi) is 3.68. The first kappa shape index (κ1) is 14.2. The predicted octanol–water partition coefficient (Wildman–Crippen LogP) is 5.66. The van der Waals surface area contributed by atoms with Gasteiger partial charge in [-0.2, -0.15) is 0 Å². The highest BCUT2D eigenvalue weighted by Crippen LogP contribution is 2.35. The number of thiophene rings is 1. The summed E-state index contributed by atoms with van der Waals surface area (Å²) in [5.41, 5.74) is 6.32. The Balaban J connectivity index is 1.79. The first-order valence-corrected chi connectivity index (χ1v) is 8.57. The molecular formula is C21H16NS. The minimum absolute atomic E-state index is 0.910. The Morgan fingerprint density at radius 1 is 1.00 bits per heavy atom. The van der Waals surface area contributed by atoms with Crippen LogP contribution in [0.3, 0.4) is 0 Å². The van der Waals surface area contributed by atoms with Crippen molar-refractivity contribution >= 4 is 21.4 Å². The third-order valence-electron chi connectivity index (χ3n) is 4.08. The Hall–Kier alpha value is -2.45. The highest BCUT2D eigenvalue weighted by molar-refractivity contribution is 7.18. The van der Waals surface area contributed by atoms with Gasteiger partial charge in [-0.3, -0.25) is 4.98 Å². The van der Waals surface area contributed by atoms with Crippen LogP contribution < -0.4 is 0 Å². The number of benzene rings is 2. The summed E-state index contributed by atoms with van der Waals surface area (Å²) in [5.74, 6) is 0. The van der Waals surface area contributed by atoms with Crippen molar-refractivity contribution in [3.05, 3.63) is 89.1 Å². The van der Waals surface area contributed by atoms with Crippen LogP contribution in [0.4, 0.5) is 0 Å². The van der Waals surface area contributed by atoms with Crippen LogP contribution in [0.2, 0.25) is 0 Å². The van der Waals surface area contributed by atoms with E-state index in [1.807, 2.05) is 6.20 Å². The van der Waals surface area contributed by atoms with Gasteiger partial charge < -0.3 is 0 Å². The fourth-order valence-corrected chi connectivity index (χ4v) is 3.87. The van der Waals surface area contributed by atoms with Gasteiger partial charge >= 0.3 is 0 Å². The summed E-state index contributed by atoms with van der Waals surface area (Å²) in [6, 6.07) is 19.2. The maximum Gasteiger partial charge on any atom is 0.0986 e. The standard InChI is InChI=1S/C21H16NS/c1-15-7-9-17(10-8-15)20-14-23-21-18(12-22-13-19(20)21)11-16-5-3-2-4-6-16/h2-10,12,14H,11H2,1H3. The van der Waals surface area contributed by atoms with Gasteiger partial charge in [0.2, 0.25) is 0 Å². The van der Waals surface area contributed by atoms with Crippen molar-refractivity contribution in [1.82, 2.24) is 4.98 Å². The van der Waals surface area contributed by atoms with Crippen LogP contribution in [0.5, 0.6) is 0 Å². The minimum atomic E-state index is 0.910. The van der Waals surface area contributed by atoms with Crippen molar-refractivity contribution in [1.29, 1.82) is 0 Å². The average Bonchev–Trinajstić information content (AvgIpc) is 3.02. The number of fused-ring (bicyclic) bond motifs is 1. The van der Waals surface area contributed by atoms with Crippen LogP contribution in [0.15, 0.2) is 66.2 Å². The molecule has 0 aliphatic carbocycles. The molecule has 0 fully saturated rings. The van der Waals surface area contributed by atoms with Gasteiger partial charge in [0, 0.05) is 28.3 Å². The third kappa shape index (κ3) is 2.78. The maximum atomic E-state index is 4.37. The van der Waals surface area contributed by atoms with Crippen molar-refractivity contribution in [2.24, 2.45) is 0 Å². The molecule has 111 valence electrons. The fraction of sp³-hybridized carbons (Fsp3) is 0.0952. The van der Waals surface area contributed by atoms with Crippen LogP contribution in [0.1, 0.15) is 16.7 Å². The molecule has 2 heteroatoms. The van der Waals surface area contributed by atoms with Gasteiger partial charge in [0.05, 0.1) is 6.20 Å². The van der Waals surface area contributed by atoms with E-state index in [9.17, 15) is 0 Å². The molecule has 2 aromatic carbocycles. The molecule has 0 atom stereocenters. The largest absolute Gasteiger partial charge is 0.254 e. The van der Waals surface area contributed by atoms with Crippen molar-refractivity contribution in [3.63, 3.8) is 0 Å². The highest BCUT2D eigenvalue weighted by Gasteiger charge is 2.11. The fourth-order valence-electron chi connectivity index (χ4n) is 2.83. The highest BCUT2D eigenvalue weighted by atomic mass is 32.1. The zero-order valence-electron chi connectivity index (χ0n) is 12.9. The van der Waals surface area contributed by atoms with Crippen LogP contribution in [0.25, 0.3) is 21.2 Å². The molecule has 2 heterocycles. The molecule has 23 heavy (non-hydrogen) atoms. The van der Waals surface area contributed by atoms with Crippen LogP contribution in [0, 0.1) is 13.1 Å². The van der Waals surface area contributed by atoms with E-state index in [1.165, 1.54) is 32.5 Å². The molecule has 0 spiro atoms. The van der Waals surface area contributed by atoms with Gasteiger partial charge in [-0.25, -0.2) is 0 Å². The quantitative estimate of drug-likeness (QED) is 0.475. The van der Waals surface area contributed by atoms with Gasteiger partial charge in [-0.05, 0) is 29.0 Å². The molecule has 4 aromatic rings. The summed E-state index contributed by atoms with van der Waals surface area (Å²) in [4.78, 5) is 4.37. The summed E-state index contributed by atoms with van der Waals surface area (Å²) in [7, 11) is 0. The normalized spacial score (nSPS) is 11.0. The second kappa shape index (κ2) is 5.98. The third-order valence-corrected chi connectivity index (χ3v) is 5.13. The molecule has 0 N–H and O–H groups in total. The van der Waals surface area contributed by atoms with Gasteiger partial charge in [0.15, 0.2) is 0 Å². The van der Waals surface area contributed by atoms with E-state index in [0.29, 0.717) is 0 Å². The first-order chi connectivity index (χ1) is 11.3. The smallest absolute Gasteiger partial charge is 0.0986 e. The van der Waals surface area contributed by atoms with Crippen molar-refractivity contribution < 1.29 is 0 Å². The minimum Gasteiger partial charge on any atom is -0.254 e. The summed E-state index contributed by atoms with van der Waals surface area (Å²) in [6.07, 6.45) is 6.06. The average molecular weight is 314 g/mol. The Morgan fingerprint density at radius 3 is 2.57 bits per heavy atom. The zero-order chi connectivity index (χ0) is 15.6. The Morgan fingerprint density at radius 2 is 1.78 bits per heavy atom. The molecule has 0 saturated carbocycles. The summed E-state index contributed by atoms with van der Waals surface area (Å²) in [5, 5.41) is 3.36. The molecule has 1 nitrogen and oxygen atoms in total. The van der Waals surface area contributed by atoms with Gasteiger partial charge in [-0.15, -0.1) is 11.3 Å². The van der Waals surface area contributed by atoms with E-state index in [4.69, 9.17) is 0 Å². The van der Waals surface area contributed by atoms with Crippen molar-refractivity contribution in [2.45, 2.75) is 13.3 Å². The van der Waals surface area contributed by atoms with E-state index in [2.05, 4.69) is 78.1 Å². The molecule has 0 amide bonds. The molecule has 0 aliphatic rings. The second-order valence-corrected chi connectivity index (χ2v) is 6.66.